The molecule has 2 aromatic heterocycles. The highest BCUT2D eigenvalue weighted by atomic mass is 15.1. The quantitative estimate of drug-likeness (QED) is 0.264. The topological polar surface area (TPSA) is 30.2 Å². The number of nitrogens with zero attached hydrogens (tertiary/aromatic N) is 3. The molecule has 0 N–H and O–H groups in total. The van der Waals surface area contributed by atoms with Crippen LogP contribution in [-0.4, -0.2) is 14.4 Å². The van der Waals surface area contributed by atoms with E-state index in [0.717, 1.165) is 45.8 Å². The lowest BCUT2D eigenvalue weighted by Gasteiger charge is -2.14. The fourth-order valence-electron chi connectivity index (χ4n) is 5.95. The van der Waals surface area contributed by atoms with E-state index in [1.807, 2.05) is 37.3 Å². The van der Waals surface area contributed by atoms with Gasteiger partial charge in [0.2, 0.25) is 0 Å². The number of hydrogen-bond acceptors (Lipinski definition) is 2. The number of allylic oxidation sites excluding steroid dienone is 13. The van der Waals surface area contributed by atoms with E-state index in [4.69, 9.17) is 9.97 Å². The van der Waals surface area contributed by atoms with Crippen LogP contribution in [0.2, 0.25) is 0 Å². The maximum absolute atomic E-state index is 5.13. The van der Waals surface area contributed by atoms with E-state index in [0.29, 0.717) is 5.92 Å². The number of para-hydroxylation sites is 1. The van der Waals surface area contributed by atoms with Crippen molar-refractivity contribution in [2.24, 2.45) is 11.3 Å². The van der Waals surface area contributed by atoms with Crippen LogP contribution >= 0.6 is 0 Å². The Hall–Kier alpha value is -4.76. The van der Waals surface area contributed by atoms with E-state index in [1.165, 1.54) is 22.3 Å². The predicted octanol–water partition coefficient (Wildman–Crippen LogP) is 9.13. The van der Waals surface area contributed by atoms with Gasteiger partial charge in [-0.05, 0) is 65.8 Å². The Morgan fingerprint density at radius 3 is 2.35 bits per heavy atom. The summed E-state index contributed by atoms with van der Waals surface area (Å²) >= 11 is 0. The highest BCUT2D eigenvalue weighted by molar-refractivity contribution is 5.95. The predicted molar refractivity (Wildman–Crippen MR) is 169 cm³/mol. The van der Waals surface area contributed by atoms with E-state index in [1.54, 1.807) is 0 Å². The van der Waals surface area contributed by atoms with Crippen LogP contribution in [0.5, 0.6) is 0 Å². The molecular weight excluding hydrogens is 486 g/mol. The zero-order valence-corrected chi connectivity index (χ0v) is 22.9. The van der Waals surface area contributed by atoms with Gasteiger partial charge in [0.1, 0.15) is 11.5 Å². The Morgan fingerprint density at radius 2 is 1.62 bits per heavy atom. The summed E-state index contributed by atoms with van der Waals surface area (Å²) in [6.45, 7) is 8.37. The molecule has 0 fully saturated rings. The van der Waals surface area contributed by atoms with Gasteiger partial charge in [-0.25, -0.2) is 9.97 Å². The minimum absolute atomic E-state index is 0.269. The van der Waals surface area contributed by atoms with Crippen LogP contribution in [0.25, 0.3) is 45.4 Å². The highest BCUT2D eigenvalue weighted by Gasteiger charge is 2.30. The SMILES string of the molecule is C=Cc1c(/C=C\C)nc2c3ccccc3nc(C3=CC4(C=CC(c5ccc(C6=CCC(C)C=C6)cc5)=C4)C=C3)n12. The van der Waals surface area contributed by atoms with E-state index >= 15 is 0 Å². The monoisotopic (exact) mass is 517 g/mol. The first-order valence-corrected chi connectivity index (χ1v) is 14.0. The van der Waals surface area contributed by atoms with Crippen molar-refractivity contribution in [3.8, 4) is 0 Å². The first kappa shape index (κ1) is 24.3. The highest BCUT2D eigenvalue weighted by Crippen LogP contribution is 2.43. The molecule has 2 aromatic carbocycles. The largest absolute Gasteiger partial charge is 0.276 e. The van der Waals surface area contributed by atoms with Crippen molar-refractivity contribution in [3.63, 3.8) is 0 Å². The van der Waals surface area contributed by atoms with Gasteiger partial charge in [-0.3, -0.25) is 4.40 Å². The number of hydrogen-bond donors (Lipinski definition) is 0. The van der Waals surface area contributed by atoms with Crippen LogP contribution in [0.1, 0.15) is 48.6 Å². The average Bonchev–Trinajstić information content (AvgIpc) is 3.71. The lowest BCUT2D eigenvalue weighted by Crippen LogP contribution is -2.04. The Balaban J connectivity index is 1.28. The summed E-state index contributed by atoms with van der Waals surface area (Å²) in [5.74, 6) is 1.50. The Morgan fingerprint density at radius 1 is 0.900 bits per heavy atom. The summed E-state index contributed by atoms with van der Waals surface area (Å²) in [4.78, 5) is 10.1. The fourth-order valence-corrected chi connectivity index (χ4v) is 5.95. The molecule has 2 unspecified atom stereocenters. The molecule has 0 amide bonds. The van der Waals surface area contributed by atoms with Crippen molar-refractivity contribution in [2.45, 2.75) is 20.3 Å². The van der Waals surface area contributed by atoms with Crippen molar-refractivity contribution in [3.05, 3.63) is 144 Å². The number of benzene rings is 2. The maximum atomic E-state index is 5.13. The van der Waals surface area contributed by atoms with E-state index in [2.05, 4.69) is 109 Å². The lowest BCUT2D eigenvalue weighted by molar-refractivity contribution is 0.739. The average molecular weight is 518 g/mol. The second-order valence-electron chi connectivity index (χ2n) is 10.9. The van der Waals surface area contributed by atoms with E-state index in [9.17, 15) is 0 Å². The smallest absolute Gasteiger partial charge is 0.149 e. The molecule has 1 spiro atoms. The third-order valence-corrected chi connectivity index (χ3v) is 8.08. The summed E-state index contributed by atoms with van der Waals surface area (Å²) < 4.78 is 2.15. The van der Waals surface area contributed by atoms with Crippen molar-refractivity contribution >= 4 is 45.4 Å². The summed E-state index contributed by atoms with van der Waals surface area (Å²) in [7, 11) is 0. The summed E-state index contributed by atoms with van der Waals surface area (Å²) in [6, 6.07) is 17.2. The molecule has 0 bridgehead atoms. The van der Waals surface area contributed by atoms with Crippen LogP contribution in [0.3, 0.4) is 0 Å². The van der Waals surface area contributed by atoms with Gasteiger partial charge in [0.15, 0.2) is 0 Å². The van der Waals surface area contributed by atoms with Gasteiger partial charge in [0.05, 0.1) is 16.9 Å². The molecule has 2 heterocycles. The van der Waals surface area contributed by atoms with Gasteiger partial charge >= 0.3 is 0 Å². The van der Waals surface area contributed by atoms with Crippen LogP contribution in [0, 0.1) is 11.3 Å². The number of aromatic nitrogens is 3. The second kappa shape index (κ2) is 9.46. The first-order chi connectivity index (χ1) is 19.6. The first-order valence-electron chi connectivity index (χ1n) is 14.0. The molecule has 7 rings (SSSR count). The number of fused-ring (bicyclic) bond motifs is 3. The fraction of sp³-hybridized carbons (Fsp3) is 0.135. The van der Waals surface area contributed by atoms with Gasteiger partial charge in [0.25, 0.3) is 0 Å². The van der Waals surface area contributed by atoms with Crippen molar-refractivity contribution in [1.82, 2.24) is 14.4 Å². The van der Waals surface area contributed by atoms with Crippen LogP contribution < -0.4 is 0 Å². The molecule has 4 aromatic rings. The van der Waals surface area contributed by atoms with Gasteiger partial charge in [0, 0.05) is 16.4 Å². The zero-order valence-electron chi connectivity index (χ0n) is 22.9. The maximum Gasteiger partial charge on any atom is 0.149 e. The molecule has 3 heteroatoms. The van der Waals surface area contributed by atoms with E-state index < -0.39 is 0 Å². The molecule has 0 radical (unpaired) electrons. The minimum atomic E-state index is -0.269. The van der Waals surface area contributed by atoms with Gasteiger partial charge in [-0.15, -0.1) is 0 Å². The summed E-state index contributed by atoms with van der Waals surface area (Å²) in [5.41, 5.74) is 9.53. The third kappa shape index (κ3) is 3.97. The molecule has 3 aliphatic rings. The summed E-state index contributed by atoms with van der Waals surface area (Å²) in [5, 5.41) is 1.03. The molecule has 2 atom stereocenters. The molecule has 194 valence electrons. The van der Waals surface area contributed by atoms with Crippen LogP contribution in [0.15, 0.2) is 116 Å². The molecule has 0 saturated carbocycles. The van der Waals surface area contributed by atoms with Gasteiger partial charge in [-0.2, -0.15) is 0 Å². The molecule has 0 aliphatic heterocycles. The molecule has 40 heavy (non-hydrogen) atoms. The normalized spacial score (nSPS) is 21.6. The minimum Gasteiger partial charge on any atom is -0.276 e. The Kier molecular flexibility index (Phi) is 5.74. The van der Waals surface area contributed by atoms with Crippen LogP contribution in [0.4, 0.5) is 0 Å². The van der Waals surface area contributed by atoms with Crippen LogP contribution in [-0.2, 0) is 0 Å². The molecule has 3 nitrogen and oxygen atoms in total. The summed E-state index contributed by atoms with van der Waals surface area (Å²) in [6.07, 6.45) is 27.5. The van der Waals surface area contributed by atoms with Gasteiger partial charge < -0.3 is 0 Å². The molecular formula is C37H31N3. The third-order valence-electron chi connectivity index (χ3n) is 8.08. The number of imidazole rings is 1. The van der Waals surface area contributed by atoms with E-state index in [-0.39, 0.29) is 5.41 Å². The zero-order chi connectivity index (χ0) is 27.3. The lowest BCUT2D eigenvalue weighted by atomic mass is 9.90. The molecule has 3 aliphatic carbocycles. The molecule has 0 saturated heterocycles. The van der Waals surface area contributed by atoms with Crippen molar-refractivity contribution < 1.29 is 0 Å². The van der Waals surface area contributed by atoms with Crippen molar-refractivity contribution in [2.75, 3.05) is 0 Å². The standard InChI is InChI=1S/C37H31N3/c1-4-8-33-34(5-2)40-35(38-32-10-7-6-9-31(32)36(40)39-33)30-20-22-37(24-30)21-19-29(23-37)28-17-15-27(16-18-28)26-13-11-25(3)12-14-26/h4-11,13-25H,2,12H2,1,3H3/b8-4-. The Labute approximate surface area is 235 Å². The second-order valence-corrected chi connectivity index (χ2v) is 10.9. The van der Waals surface area contributed by atoms with Crippen molar-refractivity contribution in [1.29, 1.82) is 0 Å². The van der Waals surface area contributed by atoms with Gasteiger partial charge in [-0.1, -0.05) is 111 Å². The Bertz CT molecular complexity index is 1900. The number of rotatable bonds is 5.